The Morgan fingerprint density at radius 3 is 2.75 bits per heavy atom. The third-order valence-corrected chi connectivity index (χ3v) is 4.33. The lowest BCUT2D eigenvalue weighted by Crippen LogP contribution is -2.32. The molecule has 0 radical (unpaired) electrons. The molecule has 110 valence electrons. The fourth-order valence-corrected chi connectivity index (χ4v) is 3.01. The molecule has 0 atom stereocenters. The summed E-state index contributed by atoms with van der Waals surface area (Å²) in [6.07, 6.45) is 5.23. The second kappa shape index (κ2) is 5.92. The second-order valence-corrected chi connectivity index (χ2v) is 5.87. The van der Waals surface area contributed by atoms with Gasteiger partial charge in [-0.15, -0.1) is 0 Å². The molecule has 1 saturated carbocycles. The normalized spacial score (nSPS) is 24.7. The molecule has 1 aliphatic heterocycles. The quantitative estimate of drug-likeness (QED) is 0.918. The first-order chi connectivity index (χ1) is 9.76. The number of methoxy groups -OCH3 is 1. The van der Waals surface area contributed by atoms with Crippen molar-refractivity contribution in [1.82, 2.24) is 5.32 Å². The summed E-state index contributed by atoms with van der Waals surface area (Å²) in [4.78, 5) is 0. The fourth-order valence-electron chi connectivity index (χ4n) is 3.01. The van der Waals surface area contributed by atoms with E-state index in [1.54, 1.807) is 7.11 Å². The van der Waals surface area contributed by atoms with E-state index in [1.807, 2.05) is 12.1 Å². The van der Waals surface area contributed by atoms with Gasteiger partial charge in [-0.2, -0.15) is 0 Å². The first-order valence-electron chi connectivity index (χ1n) is 7.46. The minimum Gasteiger partial charge on any atom is -0.493 e. The predicted molar refractivity (Wildman–Crippen MR) is 77.4 cm³/mol. The van der Waals surface area contributed by atoms with Crippen molar-refractivity contribution in [3.63, 3.8) is 0 Å². The van der Waals surface area contributed by atoms with Crippen LogP contribution >= 0.6 is 0 Å². The fraction of sp³-hybridized carbons (Fsp3) is 0.625. The molecule has 0 bridgehead atoms. The van der Waals surface area contributed by atoms with Gasteiger partial charge >= 0.3 is 0 Å². The topological polar surface area (TPSA) is 39.7 Å². The molecule has 0 spiro atoms. The zero-order valence-electron chi connectivity index (χ0n) is 12.3. The van der Waals surface area contributed by atoms with Crippen molar-refractivity contribution in [2.24, 2.45) is 5.92 Å². The summed E-state index contributed by atoms with van der Waals surface area (Å²) in [5.74, 6) is 3.16. The second-order valence-electron chi connectivity index (χ2n) is 5.87. The summed E-state index contributed by atoms with van der Waals surface area (Å²) in [6.45, 7) is 3.48. The molecule has 0 aromatic heterocycles. The molecular weight excluding hydrogens is 254 g/mol. The highest BCUT2D eigenvalue weighted by molar-refractivity contribution is 5.55. The van der Waals surface area contributed by atoms with Gasteiger partial charge in [-0.25, -0.2) is 0 Å². The van der Waals surface area contributed by atoms with E-state index >= 15 is 0 Å². The molecular formula is C16H23NO3. The number of nitrogens with one attached hydrogen (secondary N) is 1. The van der Waals surface area contributed by atoms with E-state index in [9.17, 15) is 0 Å². The Labute approximate surface area is 120 Å². The van der Waals surface area contributed by atoms with Gasteiger partial charge in [0.1, 0.15) is 0 Å². The molecule has 0 unspecified atom stereocenters. The van der Waals surface area contributed by atoms with Gasteiger partial charge in [0.2, 0.25) is 12.5 Å². The van der Waals surface area contributed by atoms with E-state index in [2.05, 4.69) is 12.2 Å². The van der Waals surface area contributed by atoms with Crippen molar-refractivity contribution in [2.45, 2.75) is 45.2 Å². The van der Waals surface area contributed by atoms with Crippen LogP contribution in [-0.4, -0.2) is 19.9 Å². The third kappa shape index (κ3) is 2.85. The van der Waals surface area contributed by atoms with Gasteiger partial charge < -0.3 is 19.5 Å². The maximum absolute atomic E-state index is 5.46. The first kappa shape index (κ1) is 13.6. The summed E-state index contributed by atoms with van der Waals surface area (Å²) in [6, 6.07) is 4.72. The van der Waals surface area contributed by atoms with Gasteiger partial charge in [-0.3, -0.25) is 0 Å². The lowest BCUT2D eigenvalue weighted by Gasteiger charge is -2.27. The SMILES string of the molecule is COc1cc(CNC2CCC(C)CC2)cc2c1OCO2. The lowest BCUT2D eigenvalue weighted by atomic mass is 9.87. The molecule has 1 aliphatic carbocycles. The Balaban J connectivity index is 1.63. The highest BCUT2D eigenvalue weighted by Crippen LogP contribution is 2.41. The van der Waals surface area contributed by atoms with Crippen LogP contribution in [0.1, 0.15) is 38.2 Å². The molecule has 1 N–H and O–H groups in total. The summed E-state index contributed by atoms with van der Waals surface area (Å²) in [7, 11) is 1.66. The van der Waals surface area contributed by atoms with Crippen molar-refractivity contribution >= 4 is 0 Å². The Morgan fingerprint density at radius 1 is 1.20 bits per heavy atom. The number of rotatable bonds is 4. The van der Waals surface area contributed by atoms with Crippen LogP contribution in [0.5, 0.6) is 17.2 Å². The molecule has 2 aliphatic rings. The molecule has 3 rings (SSSR count). The maximum Gasteiger partial charge on any atom is 0.231 e. The zero-order valence-corrected chi connectivity index (χ0v) is 12.3. The van der Waals surface area contributed by atoms with Crippen LogP contribution in [0, 0.1) is 5.92 Å². The minimum absolute atomic E-state index is 0.281. The van der Waals surface area contributed by atoms with Gasteiger partial charge in [0.25, 0.3) is 0 Å². The molecule has 1 aromatic rings. The predicted octanol–water partition coefficient (Wildman–Crippen LogP) is 3.09. The Bertz CT molecular complexity index is 467. The number of hydrogen-bond donors (Lipinski definition) is 1. The van der Waals surface area contributed by atoms with E-state index < -0.39 is 0 Å². The number of fused-ring (bicyclic) bond motifs is 1. The molecule has 4 nitrogen and oxygen atoms in total. The van der Waals surface area contributed by atoms with Crippen molar-refractivity contribution in [3.05, 3.63) is 17.7 Å². The van der Waals surface area contributed by atoms with Crippen molar-refractivity contribution in [2.75, 3.05) is 13.9 Å². The van der Waals surface area contributed by atoms with Gasteiger partial charge in [-0.05, 0) is 49.3 Å². The highest BCUT2D eigenvalue weighted by Gasteiger charge is 2.21. The van der Waals surface area contributed by atoms with Gasteiger partial charge in [-0.1, -0.05) is 6.92 Å². The third-order valence-electron chi connectivity index (χ3n) is 4.33. The molecule has 20 heavy (non-hydrogen) atoms. The Kier molecular flexibility index (Phi) is 4.01. The average Bonchev–Trinajstić information content (AvgIpc) is 2.94. The molecule has 1 aromatic carbocycles. The molecule has 0 saturated heterocycles. The van der Waals surface area contributed by atoms with E-state index in [0.717, 1.165) is 29.7 Å². The van der Waals surface area contributed by atoms with E-state index in [-0.39, 0.29) is 6.79 Å². The summed E-state index contributed by atoms with van der Waals surface area (Å²) >= 11 is 0. The molecule has 4 heteroatoms. The number of hydrogen-bond acceptors (Lipinski definition) is 4. The summed E-state index contributed by atoms with van der Waals surface area (Å²) < 4.78 is 16.2. The van der Waals surface area contributed by atoms with E-state index in [0.29, 0.717) is 6.04 Å². The van der Waals surface area contributed by atoms with Crippen LogP contribution in [0.3, 0.4) is 0 Å². The first-order valence-corrected chi connectivity index (χ1v) is 7.46. The number of ether oxygens (including phenoxy) is 3. The van der Waals surface area contributed by atoms with Gasteiger partial charge in [0.15, 0.2) is 11.5 Å². The summed E-state index contributed by atoms with van der Waals surface area (Å²) in [5, 5.41) is 3.65. The van der Waals surface area contributed by atoms with E-state index in [1.165, 1.54) is 31.2 Å². The average molecular weight is 277 g/mol. The maximum atomic E-state index is 5.46. The van der Waals surface area contributed by atoms with E-state index in [4.69, 9.17) is 14.2 Å². The van der Waals surface area contributed by atoms with Crippen LogP contribution in [0.15, 0.2) is 12.1 Å². The Morgan fingerprint density at radius 2 is 2.00 bits per heavy atom. The standard InChI is InChI=1S/C16H23NO3/c1-11-3-5-13(6-4-11)17-9-12-7-14(18-2)16-15(8-12)19-10-20-16/h7-8,11,13,17H,3-6,9-10H2,1-2H3. The van der Waals surface area contributed by atoms with Crippen molar-refractivity contribution < 1.29 is 14.2 Å². The van der Waals surface area contributed by atoms with Crippen molar-refractivity contribution in [1.29, 1.82) is 0 Å². The highest BCUT2D eigenvalue weighted by atomic mass is 16.7. The van der Waals surface area contributed by atoms with Crippen LogP contribution in [0.4, 0.5) is 0 Å². The molecule has 1 fully saturated rings. The van der Waals surface area contributed by atoms with Gasteiger partial charge in [0, 0.05) is 12.6 Å². The largest absolute Gasteiger partial charge is 0.493 e. The summed E-state index contributed by atoms with van der Waals surface area (Å²) in [5.41, 5.74) is 1.18. The van der Waals surface area contributed by atoms with Gasteiger partial charge in [0.05, 0.1) is 7.11 Å². The lowest BCUT2D eigenvalue weighted by molar-refractivity contribution is 0.171. The molecule has 1 heterocycles. The van der Waals surface area contributed by atoms with Crippen molar-refractivity contribution in [3.8, 4) is 17.2 Å². The Hall–Kier alpha value is -1.42. The molecule has 0 amide bonds. The number of benzene rings is 1. The van der Waals surface area contributed by atoms with Crippen LogP contribution < -0.4 is 19.5 Å². The van der Waals surface area contributed by atoms with Crippen LogP contribution in [0.25, 0.3) is 0 Å². The smallest absolute Gasteiger partial charge is 0.231 e. The van der Waals surface area contributed by atoms with Crippen LogP contribution in [-0.2, 0) is 6.54 Å². The minimum atomic E-state index is 0.281. The van der Waals surface area contributed by atoms with Crippen LogP contribution in [0.2, 0.25) is 0 Å². The zero-order chi connectivity index (χ0) is 13.9. The monoisotopic (exact) mass is 277 g/mol.